The number of carbonyl (C=O) groups excluding carboxylic acids is 1. The first-order chi connectivity index (χ1) is 14.9. The quantitative estimate of drug-likeness (QED) is 0.696. The summed E-state index contributed by atoms with van der Waals surface area (Å²) in [6.07, 6.45) is 5.14. The Morgan fingerprint density at radius 3 is 2.52 bits per heavy atom. The molecule has 31 heavy (non-hydrogen) atoms. The summed E-state index contributed by atoms with van der Waals surface area (Å²) in [6, 6.07) is 12.8. The van der Waals surface area contributed by atoms with Gasteiger partial charge in [0.15, 0.2) is 0 Å². The Morgan fingerprint density at radius 2 is 1.87 bits per heavy atom. The predicted octanol–water partition coefficient (Wildman–Crippen LogP) is 4.16. The largest absolute Gasteiger partial charge is 0.391 e. The number of fused-ring (bicyclic) bond motifs is 1. The number of benzene rings is 2. The molecule has 5 rings (SSSR count). The van der Waals surface area contributed by atoms with E-state index in [2.05, 4.69) is 48.4 Å². The Morgan fingerprint density at radius 1 is 1.10 bits per heavy atom. The lowest BCUT2D eigenvalue weighted by Crippen LogP contribution is -2.40. The second-order valence-electron chi connectivity index (χ2n) is 9.11. The topological polar surface area (TPSA) is 58.4 Å². The van der Waals surface area contributed by atoms with E-state index in [1.165, 1.54) is 22.3 Å². The maximum Gasteiger partial charge on any atom is 0.254 e. The molecule has 0 spiro atoms. The van der Waals surface area contributed by atoms with Crippen LogP contribution in [0.5, 0.6) is 0 Å². The zero-order valence-electron chi connectivity index (χ0n) is 18.4. The van der Waals surface area contributed by atoms with E-state index in [9.17, 15) is 9.90 Å². The minimum absolute atomic E-state index is 0.0351. The van der Waals surface area contributed by atoms with E-state index < -0.39 is 0 Å². The molecular formula is C26H29N3O2. The van der Waals surface area contributed by atoms with Gasteiger partial charge in [-0.3, -0.25) is 9.48 Å². The fourth-order valence-electron chi connectivity index (χ4n) is 5.20. The Hall–Kier alpha value is -2.92. The molecule has 1 aromatic heterocycles. The van der Waals surface area contributed by atoms with E-state index in [1.54, 1.807) is 0 Å². The van der Waals surface area contributed by atoms with Crippen molar-refractivity contribution in [3.05, 3.63) is 76.1 Å². The molecule has 3 aromatic rings. The highest BCUT2D eigenvalue weighted by molar-refractivity contribution is 5.99. The van der Waals surface area contributed by atoms with Crippen molar-refractivity contribution in [2.45, 2.75) is 58.2 Å². The van der Waals surface area contributed by atoms with Crippen LogP contribution in [0.15, 0.2) is 42.6 Å². The van der Waals surface area contributed by atoms with Crippen LogP contribution in [0.25, 0.3) is 11.1 Å². The van der Waals surface area contributed by atoms with Gasteiger partial charge in [0.2, 0.25) is 0 Å². The second-order valence-corrected chi connectivity index (χ2v) is 9.11. The first-order valence-corrected chi connectivity index (χ1v) is 11.1. The maximum atomic E-state index is 13.1. The molecule has 5 heteroatoms. The minimum Gasteiger partial charge on any atom is -0.391 e. The van der Waals surface area contributed by atoms with Gasteiger partial charge in [0, 0.05) is 30.9 Å². The molecule has 0 saturated heterocycles. The molecule has 2 atom stereocenters. The number of aromatic nitrogens is 2. The Kier molecular flexibility index (Phi) is 4.94. The molecular weight excluding hydrogens is 386 g/mol. The third kappa shape index (κ3) is 3.57. The average molecular weight is 416 g/mol. The van der Waals surface area contributed by atoms with E-state index in [0.717, 1.165) is 48.1 Å². The molecule has 1 unspecified atom stereocenters. The van der Waals surface area contributed by atoms with Gasteiger partial charge in [-0.15, -0.1) is 0 Å². The summed E-state index contributed by atoms with van der Waals surface area (Å²) < 4.78 is 1.84. The summed E-state index contributed by atoms with van der Waals surface area (Å²) >= 11 is 0. The van der Waals surface area contributed by atoms with Gasteiger partial charge in [-0.2, -0.15) is 5.10 Å². The van der Waals surface area contributed by atoms with Crippen LogP contribution >= 0.6 is 0 Å². The van der Waals surface area contributed by atoms with Crippen molar-refractivity contribution < 1.29 is 9.90 Å². The first kappa shape index (κ1) is 20.0. The molecule has 1 saturated carbocycles. The first-order valence-electron chi connectivity index (χ1n) is 11.1. The van der Waals surface area contributed by atoms with Crippen molar-refractivity contribution in [1.29, 1.82) is 0 Å². The zero-order valence-corrected chi connectivity index (χ0v) is 18.4. The normalized spacial score (nSPS) is 20.5. The predicted molar refractivity (Wildman–Crippen MR) is 121 cm³/mol. The van der Waals surface area contributed by atoms with Crippen LogP contribution < -0.4 is 0 Å². The molecule has 1 fully saturated rings. The van der Waals surface area contributed by atoms with Crippen LogP contribution in [0.4, 0.5) is 0 Å². The Bertz CT molecular complexity index is 1150. The highest BCUT2D eigenvalue weighted by Gasteiger charge is 2.38. The second kappa shape index (κ2) is 7.65. The van der Waals surface area contributed by atoms with Gasteiger partial charge in [0.1, 0.15) is 0 Å². The molecule has 5 nitrogen and oxygen atoms in total. The fourth-order valence-corrected chi connectivity index (χ4v) is 5.20. The van der Waals surface area contributed by atoms with Crippen LogP contribution in [0, 0.1) is 13.8 Å². The number of carbonyl (C=O) groups is 1. The number of hydrogen-bond donors (Lipinski definition) is 1. The summed E-state index contributed by atoms with van der Waals surface area (Å²) in [5.41, 5.74) is 8.87. The number of aliphatic hydroxyl groups excluding tert-OH is 1. The van der Waals surface area contributed by atoms with Crippen LogP contribution in [-0.2, 0) is 20.0 Å². The molecule has 160 valence electrons. The van der Waals surface area contributed by atoms with Gasteiger partial charge in [0.25, 0.3) is 5.91 Å². The Balaban J connectivity index is 1.37. The molecule has 1 aliphatic heterocycles. The lowest BCUT2D eigenvalue weighted by molar-refractivity contribution is 0.0479. The number of amides is 1. The monoisotopic (exact) mass is 415 g/mol. The third-order valence-electron chi connectivity index (χ3n) is 6.91. The molecule has 2 aromatic carbocycles. The van der Waals surface area contributed by atoms with E-state index in [4.69, 9.17) is 0 Å². The number of rotatable bonds is 4. The number of hydrogen-bond acceptors (Lipinski definition) is 3. The number of nitrogens with zero attached hydrogens (tertiary/aromatic N) is 3. The van der Waals surface area contributed by atoms with E-state index in [-0.39, 0.29) is 18.1 Å². The SMILES string of the molecule is Cc1cc2c(cc1Cc1ccc(-c3cn(C)nc3C)cc1)C(=O)N(C1CCC[C@@H]1O)C2. The maximum absolute atomic E-state index is 13.1. The van der Waals surface area contributed by atoms with Gasteiger partial charge in [-0.25, -0.2) is 0 Å². The van der Waals surface area contributed by atoms with E-state index >= 15 is 0 Å². The fraction of sp³-hybridized carbons (Fsp3) is 0.385. The summed E-state index contributed by atoms with van der Waals surface area (Å²) in [7, 11) is 1.94. The van der Waals surface area contributed by atoms with Crippen molar-refractivity contribution >= 4 is 5.91 Å². The summed E-state index contributed by atoms with van der Waals surface area (Å²) in [6.45, 7) is 4.78. The molecule has 2 heterocycles. The van der Waals surface area contributed by atoms with Crippen LogP contribution in [0.1, 0.15) is 57.6 Å². The summed E-state index contributed by atoms with van der Waals surface area (Å²) in [5.74, 6) is 0.0737. The molecule has 1 N–H and O–H groups in total. The van der Waals surface area contributed by atoms with Crippen molar-refractivity contribution in [1.82, 2.24) is 14.7 Å². The standard InChI is InChI=1S/C26H29N3O2/c1-16-11-21-14-29(24-5-4-6-25(24)30)26(31)22(21)13-20(16)12-18-7-9-19(10-8-18)23-15-28(3)27-17(23)2/h7-11,13,15,24-25,30H,4-6,12,14H2,1-3H3/t24?,25-/m0/s1. The van der Waals surface area contributed by atoms with Crippen LogP contribution in [0.2, 0.25) is 0 Å². The minimum atomic E-state index is -0.388. The van der Waals surface area contributed by atoms with Gasteiger partial charge in [-0.1, -0.05) is 30.3 Å². The molecule has 1 aliphatic carbocycles. The molecule has 2 aliphatic rings. The van der Waals surface area contributed by atoms with Gasteiger partial charge in [-0.05, 0) is 73.4 Å². The van der Waals surface area contributed by atoms with Crippen LogP contribution in [-0.4, -0.2) is 37.8 Å². The van der Waals surface area contributed by atoms with Crippen LogP contribution in [0.3, 0.4) is 0 Å². The Labute approximate surface area is 183 Å². The molecule has 0 bridgehead atoms. The highest BCUT2D eigenvalue weighted by Crippen LogP contribution is 2.34. The van der Waals surface area contributed by atoms with Crippen molar-refractivity contribution in [3.8, 4) is 11.1 Å². The van der Waals surface area contributed by atoms with Crippen molar-refractivity contribution in [2.24, 2.45) is 7.05 Å². The smallest absolute Gasteiger partial charge is 0.254 e. The van der Waals surface area contributed by atoms with Crippen molar-refractivity contribution in [3.63, 3.8) is 0 Å². The number of aliphatic hydroxyl groups is 1. The molecule has 1 amide bonds. The number of aryl methyl sites for hydroxylation is 3. The lowest BCUT2D eigenvalue weighted by Gasteiger charge is -2.26. The summed E-state index contributed by atoms with van der Waals surface area (Å²) in [5, 5.41) is 14.7. The summed E-state index contributed by atoms with van der Waals surface area (Å²) in [4.78, 5) is 15.0. The van der Waals surface area contributed by atoms with Crippen molar-refractivity contribution in [2.75, 3.05) is 0 Å². The zero-order chi connectivity index (χ0) is 21.7. The lowest BCUT2D eigenvalue weighted by atomic mass is 9.95. The van der Waals surface area contributed by atoms with E-state index in [0.29, 0.717) is 6.54 Å². The van der Waals surface area contributed by atoms with E-state index in [1.807, 2.05) is 29.7 Å². The van der Waals surface area contributed by atoms with Gasteiger partial charge >= 0.3 is 0 Å². The van der Waals surface area contributed by atoms with Gasteiger partial charge < -0.3 is 10.0 Å². The molecule has 0 radical (unpaired) electrons. The van der Waals surface area contributed by atoms with Gasteiger partial charge in [0.05, 0.1) is 17.8 Å². The third-order valence-corrected chi connectivity index (χ3v) is 6.91. The highest BCUT2D eigenvalue weighted by atomic mass is 16.3. The average Bonchev–Trinajstić information content (AvgIpc) is 3.40.